The van der Waals surface area contributed by atoms with Gasteiger partial charge in [-0.25, -0.2) is 0 Å². The van der Waals surface area contributed by atoms with Gasteiger partial charge < -0.3 is 5.11 Å². The minimum Gasteiger partial charge on any atom is -0.481 e. The van der Waals surface area contributed by atoms with Gasteiger partial charge in [-0.1, -0.05) is 20.8 Å². The molecule has 0 aromatic rings. The maximum atomic E-state index is 10.7. The quantitative estimate of drug-likeness (QED) is 0.695. The molecule has 0 bridgehead atoms. The third-order valence-corrected chi connectivity index (χ3v) is 3.13. The Hall–Kier alpha value is -0.570. The van der Waals surface area contributed by atoms with Crippen molar-refractivity contribution in [3.05, 3.63) is 0 Å². The Morgan fingerprint density at radius 2 is 1.69 bits per heavy atom. The predicted octanol–water partition coefficient (Wildman–Crippen LogP) is 3.00. The van der Waals surface area contributed by atoms with Crippen molar-refractivity contribution in [1.82, 2.24) is 4.90 Å². The minimum atomic E-state index is -0.706. The van der Waals surface area contributed by atoms with E-state index in [1.54, 1.807) is 0 Å². The smallest absolute Gasteiger partial charge is 0.304 e. The molecule has 0 saturated heterocycles. The molecule has 0 saturated carbocycles. The number of carboxylic acid groups (broad SMARTS) is 1. The molecule has 1 N–H and O–H groups in total. The van der Waals surface area contributed by atoms with Crippen LogP contribution in [0.3, 0.4) is 0 Å². The van der Waals surface area contributed by atoms with Crippen LogP contribution in [0.5, 0.6) is 0 Å². The largest absolute Gasteiger partial charge is 0.481 e. The molecule has 2 unspecified atom stereocenters. The zero-order valence-corrected chi connectivity index (χ0v) is 11.4. The Bertz CT molecular complexity index is 204. The molecule has 0 spiro atoms. The Balaban J connectivity index is 4.18. The van der Waals surface area contributed by atoms with Crippen LogP contribution in [0.4, 0.5) is 0 Å². The molecule has 0 aliphatic carbocycles. The Kier molecular flexibility index (Phi) is 7.39. The van der Waals surface area contributed by atoms with Crippen LogP contribution < -0.4 is 0 Å². The standard InChI is InChI=1S/C13H27NO2/c1-6-14(12(5)9-13(15)16)11(4)8-7-10(2)3/h10-12H,6-9H2,1-5H3,(H,15,16). The Labute approximate surface area is 99.8 Å². The Morgan fingerprint density at radius 1 is 1.12 bits per heavy atom. The molecule has 3 nitrogen and oxygen atoms in total. The van der Waals surface area contributed by atoms with Gasteiger partial charge in [0.25, 0.3) is 0 Å². The fourth-order valence-electron chi connectivity index (χ4n) is 2.17. The number of carboxylic acids is 1. The first-order valence-corrected chi connectivity index (χ1v) is 6.36. The van der Waals surface area contributed by atoms with Gasteiger partial charge in [0, 0.05) is 12.1 Å². The van der Waals surface area contributed by atoms with Gasteiger partial charge in [-0.2, -0.15) is 0 Å². The van der Waals surface area contributed by atoms with Crippen molar-refractivity contribution >= 4 is 5.97 Å². The van der Waals surface area contributed by atoms with Crippen molar-refractivity contribution in [3.63, 3.8) is 0 Å². The average molecular weight is 229 g/mol. The molecule has 96 valence electrons. The molecule has 0 aromatic carbocycles. The molecule has 2 atom stereocenters. The zero-order chi connectivity index (χ0) is 12.7. The molecular formula is C13H27NO2. The van der Waals surface area contributed by atoms with Gasteiger partial charge >= 0.3 is 5.97 Å². The van der Waals surface area contributed by atoms with Crippen LogP contribution in [0.2, 0.25) is 0 Å². The highest BCUT2D eigenvalue weighted by Gasteiger charge is 2.20. The summed E-state index contributed by atoms with van der Waals surface area (Å²) in [6, 6.07) is 0.603. The first-order valence-electron chi connectivity index (χ1n) is 6.36. The first kappa shape index (κ1) is 15.4. The predicted molar refractivity (Wildman–Crippen MR) is 67.6 cm³/mol. The van der Waals surface area contributed by atoms with E-state index in [4.69, 9.17) is 5.11 Å². The zero-order valence-electron chi connectivity index (χ0n) is 11.4. The first-order chi connectivity index (χ1) is 7.38. The highest BCUT2D eigenvalue weighted by molar-refractivity contribution is 5.67. The summed E-state index contributed by atoms with van der Waals surface area (Å²) in [5, 5.41) is 8.80. The molecule has 3 heteroatoms. The highest BCUT2D eigenvalue weighted by Crippen LogP contribution is 2.15. The molecule has 0 heterocycles. The highest BCUT2D eigenvalue weighted by atomic mass is 16.4. The van der Waals surface area contributed by atoms with Crippen molar-refractivity contribution in [2.75, 3.05) is 6.54 Å². The van der Waals surface area contributed by atoms with Gasteiger partial charge in [-0.05, 0) is 39.2 Å². The number of hydrogen-bond acceptors (Lipinski definition) is 2. The number of nitrogens with zero attached hydrogens (tertiary/aromatic N) is 1. The topological polar surface area (TPSA) is 40.5 Å². The van der Waals surface area contributed by atoms with Crippen LogP contribution in [-0.2, 0) is 4.79 Å². The van der Waals surface area contributed by atoms with Gasteiger partial charge in [0.15, 0.2) is 0 Å². The Morgan fingerprint density at radius 3 is 2.06 bits per heavy atom. The molecule has 0 radical (unpaired) electrons. The molecule has 0 amide bonds. The van der Waals surface area contributed by atoms with E-state index < -0.39 is 5.97 Å². The lowest BCUT2D eigenvalue weighted by atomic mass is 10.0. The summed E-state index contributed by atoms with van der Waals surface area (Å²) in [6.45, 7) is 11.7. The minimum absolute atomic E-state index is 0.129. The lowest BCUT2D eigenvalue weighted by Gasteiger charge is -2.33. The van der Waals surface area contributed by atoms with Gasteiger partial charge in [0.05, 0.1) is 6.42 Å². The van der Waals surface area contributed by atoms with E-state index in [-0.39, 0.29) is 12.5 Å². The SMILES string of the molecule is CCN(C(C)CCC(C)C)C(C)CC(=O)O. The fraction of sp³-hybridized carbons (Fsp3) is 0.923. The lowest BCUT2D eigenvalue weighted by Crippen LogP contribution is -2.41. The summed E-state index contributed by atoms with van der Waals surface area (Å²) in [7, 11) is 0. The van der Waals surface area contributed by atoms with E-state index in [0.717, 1.165) is 18.9 Å². The van der Waals surface area contributed by atoms with Crippen LogP contribution in [-0.4, -0.2) is 34.6 Å². The molecule has 0 rings (SSSR count). The van der Waals surface area contributed by atoms with E-state index >= 15 is 0 Å². The van der Waals surface area contributed by atoms with Gasteiger partial charge in [-0.3, -0.25) is 9.69 Å². The third-order valence-electron chi connectivity index (χ3n) is 3.13. The molecule has 0 aliphatic rings. The molecule has 0 aromatic heterocycles. The summed E-state index contributed by atoms with van der Waals surface area (Å²) in [5.41, 5.74) is 0. The normalized spacial score (nSPS) is 15.4. The van der Waals surface area contributed by atoms with Crippen molar-refractivity contribution in [2.24, 2.45) is 5.92 Å². The van der Waals surface area contributed by atoms with E-state index in [1.807, 2.05) is 6.92 Å². The van der Waals surface area contributed by atoms with Crippen molar-refractivity contribution in [3.8, 4) is 0 Å². The molecule has 0 fully saturated rings. The second kappa shape index (κ2) is 7.66. The molecular weight excluding hydrogens is 202 g/mol. The summed E-state index contributed by atoms with van der Waals surface area (Å²) in [5.74, 6) is 0.0120. The second-order valence-corrected chi connectivity index (χ2v) is 5.10. The van der Waals surface area contributed by atoms with Crippen molar-refractivity contribution < 1.29 is 9.90 Å². The van der Waals surface area contributed by atoms with Gasteiger partial charge in [-0.15, -0.1) is 0 Å². The van der Waals surface area contributed by atoms with Crippen LogP contribution in [0.15, 0.2) is 0 Å². The van der Waals surface area contributed by atoms with E-state index in [9.17, 15) is 4.79 Å². The van der Waals surface area contributed by atoms with Crippen LogP contribution in [0.25, 0.3) is 0 Å². The number of aliphatic carboxylic acids is 1. The van der Waals surface area contributed by atoms with Gasteiger partial charge in [0.2, 0.25) is 0 Å². The molecule has 16 heavy (non-hydrogen) atoms. The number of carbonyl (C=O) groups is 1. The summed E-state index contributed by atoms with van der Waals surface area (Å²) < 4.78 is 0. The summed E-state index contributed by atoms with van der Waals surface area (Å²) in [6.07, 6.45) is 2.59. The van der Waals surface area contributed by atoms with Crippen LogP contribution in [0.1, 0.15) is 53.9 Å². The average Bonchev–Trinajstić information content (AvgIpc) is 2.14. The van der Waals surface area contributed by atoms with E-state index in [1.165, 1.54) is 6.42 Å². The number of rotatable bonds is 8. The van der Waals surface area contributed by atoms with Gasteiger partial charge in [0.1, 0.15) is 0 Å². The molecule has 0 aliphatic heterocycles. The number of hydrogen-bond donors (Lipinski definition) is 1. The lowest BCUT2D eigenvalue weighted by molar-refractivity contribution is -0.138. The second-order valence-electron chi connectivity index (χ2n) is 5.10. The fourth-order valence-corrected chi connectivity index (χ4v) is 2.17. The van der Waals surface area contributed by atoms with E-state index in [0.29, 0.717) is 6.04 Å². The van der Waals surface area contributed by atoms with Crippen molar-refractivity contribution in [1.29, 1.82) is 0 Å². The summed E-state index contributed by atoms with van der Waals surface area (Å²) in [4.78, 5) is 13.0. The maximum absolute atomic E-state index is 10.7. The third kappa shape index (κ3) is 6.11. The van der Waals surface area contributed by atoms with Crippen LogP contribution >= 0.6 is 0 Å². The monoisotopic (exact) mass is 229 g/mol. The summed E-state index contributed by atoms with van der Waals surface area (Å²) >= 11 is 0. The maximum Gasteiger partial charge on any atom is 0.304 e. The van der Waals surface area contributed by atoms with Crippen LogP contribution in [0, 0.1) is 5.92 Å². The van der Waals surface area contributed by atoms with Crippen molar-refractivity contribution in [2.45, 2.75) is 66.0 Å². The van der Waals surface area contributed by atoms with E-state index in [2.05, 4.69) is 32.6 Å².